The number of thiophene rings is 1. The molecule has 1 rings (SSSR count). The first-order valence-electron chi connectivity index (χ1n) is 5.05. The van der Waals surface area contributed by atoms with Crippen molar-refractivity contribution in [2.45, 2.75) is 12.8 Å². The molecule has 0 saturated carbocycles. The maximum Gasteiger partial charge on any atom is 0.193 e. The molecule has 0 aliphatic rings. The van der Waals surface area contributed by atoms with Gasteiger partial charge in [-0.15, -0.1) is 0 Å². The average molecular weight is 225 g/mol. The van der Waals surface area contributed by atoms with E-state index in [1.807, 2.05) is 19.0 Å². The Bertz CT molecular complexity index is 304. The normalized spacial score (nSPS) is 13.7. The minimum absolute atomic E-state index is 0.521. The van der Waals surface area contributed by atoms with Crippen molar-refractivity contribution in [3.8, 4) is 0 Å². The molecule has 1 aromatic rings. The SMILES string of the molecule is CN=C(NCC(C)c1ccsc1)N(C)C. The van der Waals surface area contributed by atoms with E-state index in [1.165, 1.54) is 5.56 Å². The van der Waals surface area contributed by atoms with Crippen molar-refractivity contribution < 1.29 is 0 Å². The zero-order chi connectivity index (χ0) is 11.3. The Balaban J connectivity index is 2.43. The van der Waals surface area contributed by atoms with Crippen molar-refractivity contribution in [3.63, 3.8) is 0 Å². The number of aliphatic imine (C=N–C) groups is 1. The number of nitrogens with zero attached hydrogens (tertiary/aromatic N) is 2. The van der Waals surface area contributed by atoms with Gasteiger partial charge < -0.3 is 10.2 Å². The maximum atomic E-state index is 4.17. The average Bonchev–Trinajstić information content (AvgIpc) is 2.70. The third-order valence-electron chi connectivity index (χ3n) is 2.31. The second kappa shape index (κ2) is 5.75. The molecule has 0 amide bonds. The van der Waals surface area contributed by atoms with Crippen LogP contribution in [0.25, 0.3) is 0 Å². The molecule has 1 heterocycles. The summed E-state index contributed by atoms with van der Waals surface area (Å²) in [7, 11) is 5.78. The molecule has 0 fully saturated rings. The second-order valence-electron chi connectivity index (χ2n) is 3.78. The van der Waals surface area contributed by atoms with Crippen molar-refractivity contribution >= 4 is 17.3 Å². The van der Waals surface area contributed by atoms with Crippen LogP contribution in [0.4, 0.5) is 0 Å². The van der Waals surface area contributed by atoms with Crippen LogP contribution in [0.2, 0.25) is 0 Å². The van der Waals surface area contributed by atoms with E-state index in [0.29, 0.717) is 5.92 Å². The van der Waals surface area contributed by atoms with Crippen LogP contribution in [0.5, 0.6) is 0 Å². The van der Waals surface area contributed by atoms with E-state index in [-0.39, 0.29) is 0 Å². The summed E-state index contributed by atoms with van der Waals surface area (Å²) in [6.07, 6.45) is 0. The zero-order valence-electron chi connectivity index (χ0n) is 9.82. The van der Waals surface area contributed by atoms with E-state index in [9.17, 15) is 0 Å². The van der Waals surface area contributed by atoms with Gasteiger partial charge in [0.1, 0.15) is 0 Å². The highest BCUT2D eigenvalue weighted by molar-refractivity contribution is 7.07. The third-order valence-corrected chi connectivity index (χ3v) is 3.02. The third kappa shape index (κ3) is 3.55. The van der Waals surface area contributed by atoms with Crippen LogP contribution in [0.3, 0.4) is 0 Å². The Morgan fingerprint density at radius 2 is 2.33 bits per heavy atom. The lowest BCUT2D eigenvalue weighted by Gasteiger charge is -2.19. The Hall–Kier alpha value is -1.03. The van der Waals surface area contributed by atoms with Gasteiger partial charge in [0.15, 0.2) is 5.96 Å². The lowest BCUT2D eigenvalue weighted by Crippen LogP contribution is -2.38. The summed E-state index contributed by atoms with van der Waals surface area (Å²) in [6, 6.07) is 2.18. The molecule has 0 saturated heterocycles. The molecule has 0 bridgehead atoms. The van der Waals surface area contributed by atoms with E-state index in [0.717, 1.165) is 12.5 Å². The highest BCUT2D eigenvalue weighted by atomic mass is 32.1. The molecule has 0 aliphatic heterocycles. The molecule has 4 heteroatoms. The van der Waals surface area contributed by atoms with Crippen molar-refractivity contribution in [1.29, 1.82) is 0 Å². The fourth-order valence-corrected chi connectivity index (χ4v) is 2.14. The molecule has 3 nitrogen and oxygen atoms in total. The lowest BCUT2D eigenvalue weighted by atomic mass is 10.1. The topological polar surface area (TPSA) is 27.6 Å². The van der Waals surface area contributed by atoms with Crippen LogP contribution >= 0.6 is 11.3 Å². The second-order valence-corrected chi connectivity index (χ2v) is 4.56. The molecule has 0 aliphatic carbocycles. The van der Waals surface area contributed by atoms with Gasteiger partial charge in [-0.25, -0.2) is 0 Å². The van der Waals surface area contributed by atoms with Crippen LogP contribution in [-0.4, -0.2) is 38.5 Å². The first-order valence-corrected chi connectivity index (χ1v) is 5.99. The van der Waals surface area contributed by atoms with E-state index >= 15 is 0 Å². The largest absolute Gasteiger partial charge is 0.356 e. The molecule has 0 spiro atoms. The van der Waals surface area contributed by atoms with Gasteiger partial charge >= 0.3 is 0 Å². The summed E-state index contributed by atoms with van der Waals surface area (Å²) in [5.74, 6) is 1.45. The van der Waals surface area contributed by atoms with Gasteiger partial charge in [-0.2, -0.15) is 11.3 Å². The molecule has 15 heavy (non-hydrogen) atoms. The summed E-state index contributed by atoms with van der Waals surface area (Å²) in [5, 5.41) is 7.65. The van der Waals surface area contributed by atoms with Gasteiger partial charge in [-0.3, -0.25) is 4.99 Å². The van der Waals surface area contributed by atoms with Crippen LogP contribution < -0.4 is 5.32 Å². The zero-order valence-corrected chi connectivity index (χ0v) is 10.6. The Labute approximate surface area is 95.8 Å². The highest BCUT2D eigenvalue weighted by Crippen LogP contribution is 2.16. The summed E-state index contributed by atoms with van der Waals surface area (Å²) in [4.78, 5) is 6.16. The van der Waals surface area contributed by atoms with Gasteiger partial charge in [0.2, 0.25) is 0 Å². The van der Waals surface area contributed by atoms with Crippen molar-refractivity contribution in [2.75, 3.05) is 27.7 Å². The lowest BCUT2D eigenvalue weighted by molar-refractivity contribution is 0.571. The fourth-order valence-electron chi connectivity index (χ4n) is 1.35. The Morgan fingerprint density at radius 3 is 2.80 bits per heavy atom. The fraction of sp³-hybridized carbons (Fsp3) is 0.545. The predicted molar refractivity (Wildman–Crippen MR) is 67.8 cm³/mol. The minimum atomic E-state index is 0.521. The summed E-state index contributed by atoms with van der Waals surface area (Å²) in [6.45, 7) is 3.14. The number of hydrogen-bond donors (Lipinski definition) is 1. The molecule has 84 valence electrons. The smallest absolute Gasteiger partial charge is 0.193 e. The van der Waals surface area contributed by atoms with Gasteiger partial charge in [-0.05, 0) is 28.3 Å². The molecule has 1 atom stereocenters. The molecule has 1 N–H and O–H groups in total. The van der Waals surface area contributed by atoms with Crippen molar-refractivity contribution in [2.24, 2.45) is 4.99 Å². The first kappa shape index (κ1) is 12.0. The molecule has 0 aromatic carbocycles. The Morgan fingerprint density at radius 1 is 1.60 bits per heavy atom. The van der Waals surface area contributed by atoms with Gasteiger partial charge in [0.25, 0.3) is 0 Å². The van der Waals surface area contributed by atoms with Crippen LogP contribution in [-0.2, 0) is 0 Å². The van der Waals surface area contributed by atoms with E-state index in [1.54, 1.807) is 18.4 Å². The summed E-state index contributed by atoms with van der Waals surface area (Å²) < 4.78 is 0. The van der Waals surface area contributed by atoms with Gasteiger partial charge in [-0.1, -0.05) is 6.92 Å². The first-order chi connectivity index (χ1) is 7.15. The number of guanidine groups is 1. The van der Waals surface area contributed by atoms with Crippen LogP contribution in [0.15, 0.2) is 21.8 Å². The summed E-state index contributed by atoms with van der Waals surface area (Å²) in [5.41, 5.74) is 1.39. The predicted octanol–water partition coefficient (Wildman–Crippen LogP) is 1.99. The number of hydrogen-bond acceptors (Lipinski definition) is 2. The number of rotatable bonds is 3. The number of nitrogens with one attached hydrogen (secondary N) is 1. The van der Waals surface area contributed by atoms with Gasteiger partial charge in [0, 0.05) is 27.7 Å². The van der Waals surface area contributed by atoms with Crippen LogP contribution in [0.1, 0.15) is 18.4 Å². The van der Waals surface area contributed by atoms with Crippen LogP contribution in [0, 0.1) is 0 Å². The molecular weight excluding hydrogens is 206 g/mol. The maximum absolute atomic E-state index is 4.17. The van der Waals surface area contributed by atoms with Crippen molar-refractivity contribution in [3.05, 3.63) is 22.4 Å². The van der Waals surface area contributed by atoms with E-state index in [4.69, 9.17) is 0 Å². The van der Waals surface area contributed by atoms with Crippen molar-refractivity contribution in [1.82, 2.24) is 10.2 Å². The monoisotopic (exact) mass is 225 g/mol. The van der Waals surface area contributed by atoms with E-state index in [2.05, 4.69) is 34.1 Å². The quantitative estimate of drug-likeness (QED) is 0.629. The van der Waals surface area contributed by atoms with Gasteiger partial charge in [0.05, 0.1) is 0 Å². The molecular formula is C11H19N3S. The Kier molecular flexibility index (Phi) is 4.62. The molecule has 1 unspecified atom stereocenters. The molecule has 1 aromatic heterocycles. The molecule has 0 radical (unpaired) electrons. The highest BCUT2D eigenvalue weighted by Gasteiger charge is 2.07. The van der Waals surface area contributed by atoms with E-state index < -0.39 is 0 Å². The minimum Gasteiger partial charge on any atom is -0.356 e. The summed E-state index contributed by atoms with van der Waals surface area (Å²) >= 11 is 1.75. The standard InChI is InChI=1S/C11H19N3S/c1-9(10-5-6-15-8-10)7-13-11(12-2)14(3)4/h5-6,8-9H,7H2,1-4H3,(H,12,13).